The van der Waals surface area contributed by atoms with E-state index in [4.69, 9.17) is 9.47 Å². The number of amidine groups is 1. The summed E-state index contributed by atoms with van der Waals surface area (Å²) in [5.74, 6) is 1.05. The number of hydrogen-bond donors (Lipinski definition) is 0. The number of hydrazine groups is 1. The molecule has 0 N–H and O–H groups in total. The fourth-order valence-corrected chi connectivity index (χ4v) is 4.07. The van der Waals surface area contributed by atoms with Crippen molar-refractivity contribution < 1.29 is 18.7 Å². The molecule has 2 aromatic carbocycles. The quantitative estimate of drug-likeness (QED) is 0.589. The molecule has 2 aliphatic heterocycles. The Kier molecular flexibility index (Phi) is 5.75. The number of halogens is 1. The molecule has 174 valence electrons. The van der Waals surface area contributed by atoms with Gasteiger partial charge in [-0.3, -0.25) is 14.8 Å². The molecule has 9 heteroatoms. The maximum Gasteiger partial charge on any atom is 0.249 e. The summed E-state index contributed by atoms with van der Waals surface area (Å²) in [4.78, 5) is 21.1. The van der Waals surface area contributed by atoms with E-state index in [1.165, 1.54) is 12.1 Å². The molecular formula is C25H24FN5O3. The lowest BCUT2D eigenvalue weighted by molar-refractivity contribution is -0.117. The highest BCUT2D eigenvalue weighted by Crippen LogP contribution is 2.29. The smallest absolute Gasteiger partial charge is 0.249 e. The van der Waals surface area contributed by atoms with Crippen molar-refractivity contribution in [3.05, 3.63) is 77.8 Å². The molecule has 0 saturated carbocycles. The van der Waals surface area contributed by atoms with E-state index in [-0.39, 0.29) is 18.1 Å². The summed E-state index contributed by atoms with van der Waals surface area (Å²) in [7, 11) is 1.62. The van der Waals surface area contributed by atoms with Crippen LogP contribution in [0.15, 0.2) is 65.7 Å². The highest BCUT2D eigenvalue weighted by atomic mass is 19.1. The van der Waals surface area contributed by atoms with Gasteiger partial charge in [0.05, 0.1) is 37.1 Å². The van der Waals surface area contributed by atoms with E-state index in [9.17, 15) is 9.18 Å². The topological polar surface area (TPSA) is 72.2 Å². The SMILES string of the molecule is COc1cc(C=C2OCCN3C2=NC(=O)CCN3c2ccc(F)cc2)ccc1-n1cnc(C)c1. The van der Waals surface area contributed by atoms with Gasteiger partial charge in [-0.1, -0.05) is 6.07 Å². The molecule has 1 saturated heterocycles. The summed E-state index contributed by atoms with van der Waals surface area (Å²) in [6, 6.07) is 12.0. The molecular weight excluding hydrogens is 437 g/mol. The maximum atomic E-state index is 13.5. The molecule has 8 nitrogen and oxygen atoms in total. The Bertz CT molecular complexity index is 1280. The van der Waals surface area contributed by atoms with Crippen LogP contribution in [0.2, 0.25) is 0 Å². The molecule has 0 atom stereocenters. The highest BCUT2D eigenvalue weighted by Gasteiger charge is 2.31. The zero-order valence-corrected chi connectivity index (χ0v) is 18.9. The normalized spacial score (nSPS) is 17.2. The van der Waals surface area contributed by atoms with Gasteiger partial charge in [0.25, 0.3) is 0 Å². The van der Waals surface area contributed by atoms with Gasteiger partial charge in [-0.05, 0) is 55.0 Å². The number of aromatic nitrogens is 2. The average Bonchev–Trinajstić information content (AvgIpc) is 3.19. The van der Waals surface area contributed by atoms with Crippen molar-refractivity contribution in [2.75, 3.05) is 31.8 Å². The summed E-state index contributed by atoms with van der Waals surface area (Å²) in [5.41, 5.74) is 3.39. The van der Waals surface area contributed by atoms with E-state index in [1.807, 2.05) is 52.0 Å². The van der Waals surface area contributed by atoms with Gasteiger partial charge >= 0.3 is 0 Å². The van der Waals surface area contributed by atoms with E-state index in [2.05, 4.69) is 9.98 Å². The minimum atomic E-state index is -0.311. The second-order valence-electron chi connectivity index (χ2n) is 8.01. The Morgan fingerprint density at radius 2 is 1.94 bits per heavy atom. The Labute approximate surface area is 196 Å². The zero-order valence-electron chi connectivity index (χ0n) is 18.9. The Morgan fingerprint density at radius 3 is 2.68 bits per heavy atom. The first kappa shape index (κ1) is 21.7. The number of morpholine rings is 1. The number of nitrogens with zero attached hydrogens (tertiary/aromatic N) is 5. The third-order valence-corrected chi connectivity index (χ3v) is 5.70. The summed E-state index contributed by atoms with van der Waals surface area (Å²) < 4.78 is 26.9. The maximum absolute atomic E-state index is 13.5. The third kappa shape index (κ3) is 4.24. The molecule has 3 heterocycles. The predicted octanol–water partition coefficient (Wildman–Crippen LogP) is 3.75. The monoisotopic (exact) mass is 461 g/mol. The number of benzene rings is 2. The van der Waals surface area contributed by atoms with Crippen molar-refractivity contribution in [2.24, 2.45) is 4.99 Å². The molecule has 0 aliphatic carbocycles. The van der Waals surface area contributed by atoms with Crippen molar-refractivity contribution >= 4 is 23.5 Å². The number of hydrogen-bond acceptors (Lipinski definition) is 6. The first-order chi connectivity index (χ1) is 16.5. The van der Waals surface area contributed by atoms with Gasteiger partial charge in [-0.2, -0.15) is 4.99 Å². The fourth-order valence-electron chi connectivity index (χ4n) is 4.07. The van der Waals surface area contributed by atoms with Crippen LogP contribution in [0.25, 0.3) is 11.8 Å². The number of methoxy groups -OCH3 is 1. The Morgan fingerprint density at radius 1 is 1.12 bits per heavy atom. The predicted molar refractivity (Wildman–Crippen MR) is 126 cm³/mol. The summed E-state index contributed by atoms with van der Waals surface area (Å²) in [5, 5.41) is 3.87. The standard InChI is InChI=1S/C25H24FN5O3/c1-17-15-29(16-27-17)21-8-3-18(13-22(21)33-2)14-23-25-28-24(32)9-10-30(31(25)11-12-34-23)20-6-4-19(26)5-7-20/h3-8,13-16H,9-12H2,1-2H3. The van der Waals surface area contributed by atoms with Crippen LogP contribution in [0.4, 0.5) is 10.1 Å². The van der Waals surface area contributed by atoms with E-state index in [0.717, 1.165) is 22.6 Å². The number of aliphatic imine (C=N–C) groups is 1. The zero-order chi connectivity index (χ0) is 23.7. The average molecular weight is 461 g/mol. The fraction of sp³-hybridized carbons (Fsp3) is 0.240. The van der Waals surface area contributed by atoms with Gasteiger partial charge < -0.3 is 14.0 Å². The van der Waals surface area contributed by atoms with Crippen molar-refractivity contribution in [3.8, 4) is 11.4 Å². The number of carbonyl (C=O) groups is 1. The number of carbonyl (C=O) groups excluding carboxylic acids is 1. The largest absolute Gasteiger partial charge is 0.495 e. The molecule has 3 aromatic rings. The van der Waals surface area contributed by atoms with Crippen molar-refractivity contribution in [3.63, 3.8) is 0 Å². The minimum absolute atomic E-state index is 0.232. The minimum Gasteiger partial charge on any atom is -0.495 e. The van der Waals surface area contributed by atoms with Crippen molar-refractivity contribution in [2.45, 2.75) is 13.3 Å². The van der Waals surface area contributed by atoms with Crippen LogP contribution in [0, 0.1) is 12.7 Å². The number of aryl methyl sites for hydroxylation is 1. The number of rotatable bonds is 4. The number of imidazole rings is 1. The third-order valence-electron chi connectivity index (χ3n) is 5.70. The lowest BCUT2D eigenvalue weighted by atomic mass is 10.1. The molecule has 0 radical (unpaired) electrons. The molecule has 1 fully saturated rings. The van der Waals surface area contributed by atoms with Gasteiger partial charge in [0.1, 0.15) is 18.2 Å². The van der Waals surface area contributed by atoms with E-state index < -0.39 is 0 Å². The second kappa shape index (κ2) is 9.01. The van der Waals surface area contributed by atoms with Gasteiger partial charge in [0, 0.05) is 19.2 Å². The Hall–Kier alpha value is -4.14. The first-order valence-corrected chi connectivity index (χ1v) is 11.0. The number of amides is 1. The molecule has 0 unspecified atom stereocenters. The molecule has 1 amide bonds. The lowest BCUT2D eigenvalue weighted by Crippen LogP contribution is -2.51. The van der Waals surface area contributed by atoms with Crippen LogP contribution in [0.3, 0.4) is 0 Å². The van der Waals surface area contributed by atoms with Crippen LogP contribution in [-0.2, 0) is 9.53 Å². The van der Waals surface area contributed by atoms with Gasteiger partial charge in [0.2, 0.25) is 5.91 Å². The van der Waals surface area contributed by atoms with Crippen LogP contribution in [0.1, 0.15) is 17.7 Å². The summed E-state index contributed by atoms with van der Waals surface area (Å²) in [6.45, 7) is 3.30. The van der Waals surface area contributed by atoms with E-state index in [0.29, 0.717) is 37.0 Å². The molecule has 0 bridgehead atoms. The molecule has 34 heavy (non-hydrogen) atoms. The van der Waals surface area contributed by atoms with Crippen LogP contribution >= 0.6 is 0 Å². The van der Waals surface area contributed by atoms with Crippen LogP contribution in [-0.4, -0.2) is 53.1 Å². The van der Waals surface area contributed by atoms with Crippen molar-refractivity contribution in [1.82, 2.24) is 14.6 Å². The lowest BCUT2D eigenvalue weighted by Gasteiger charge is -2.40. The van der Waals surface area contributed by atoms with Crippen LogP contribution in [0.5, 0.6) is 5.75 Å². The highest BCUT2D eigenvalue weighted by molar-refractivity contribution is 6.07. The number of fused-ring (bicyclic) bond motifs is 1. The second-order valence-corrected chi connectivity index (χ2v) is 8.01. The van der Waals surface area contributed by atoms with Crippen molar-refractivity contribution in [1.29, 1.82) is 0 Å². The van der Waals surface area contributed by atoms with E-state index >= 15 is 0 Å². The first-order valence-electron chi connectivity index (χ1n) is 11.0. The molecule has 0 spiro atoms. The van der Waals surface area contributed by atoms with E-state index in [1.54, 1.807) is 25.6 Å². The molecule has 5 rings (SSSR count). The van der Waals surface area contributed by atoms with Gasteiger partial charge in [0.15, 0.2) is 11.6 Å². The molecule has 1 aromatic heterocycles. The number of ether oxygens (including phenoxy) is 2. The van der Waals surface area contributed by atoms with Gasteiger partial charge in [-0.15, -0.1) is 0 Å². The molecule has 2 aliphatic rings. The summed E-state index contributed by atoms with van der Waals surface area (Å²) >= 11 is 0. The van der Waals surface area contributed by atoms with Crippen LogP contribution < -0.4 is 9.75 Å². The van der Waals surface area contributed by atoms with Gasteiger partial charge in [-0.25, -0.2) is 9.37 Å². The summed E-state index contributed by atoms with van der Waals surface area (Å²) in [6.07, 6.45) is 5.76. The number of anilines is 1. The Balaban J connectivity index is 1.50.